The maximum absolute atomic E-state index is 16.1. The normalized spacial score (nSPS) is 20.2. The van der Waals surface area contributed by atoms with E-state index < -0.39 is 17.5 Å². The van der Waals surface area contributed by atoms with Crippen molar-refractivity contribution >= 4 is 23.2 Å². The third-order valence-electron chi connectivity index (χ3n) is 7.58. The van der Waals surface area contributed by atoms with Gasteiger partial charge in [0.05, 0.1) is 23.3 Å². The monoisotopic (exact) mass is 548 g/mol. The number of fused-ring (bicyclic) bond motifs is 1. The lowest BCUT2D eigenvalue weighted by molar-refractivity contribution is 0.0497. The van der Waals surface area contributed by atoms with Gasteiger partial charge in [0, 0.05) is 37.8 Å². The summed E-state index contributed by atoms with van der Waals surface area (Å²) < 4.78 is 23.2. The topological polar surface area (TPSA) is 120 Å². The molecule has 3 aromatic heterocycles. The first-order valence-electron chi connectivity index (χ1n) is 14.1. The van der Waals surface area contributed by atoms with Gasteiger partial charge in [-0.1, -0.05) is 6.07 Å². The first kappa shape index (κ1) is 27.6. The van der Waals surface area contributed by atoms with Crippen molar-refractivity contribution in [2.75, 3.05) is 23.3 Å². The van der Waals surface area contributed by atoms with Crippen LogP contribution in [0.3, 0.4) is 0 Å². The minimum atomic E-state index is -0.568. The van der Waals surface area contributed by atoms with Crippen molar-refractivity contribution in [1.82, 2.24) is 24.9 Å². The highest BCUT2D eigenvalue weighted by molar-refractivity contribution is 5.77. The predicted octanol–water partition coefficient (Wildman–Crippen LogP) is 5.31. The van der Waals surface area contributed by atoms with Crippen LogP contribution in [0.5, 0.6) is 0 Å². The highest BCUT2D eigenvalue weighted by Crippen LogP contribution is 2.33. The van der Waals surface area contributed by atoms with Crippen LogP contribution in [0.2, 0.25) is 0 Å². The fourth-order valence-corrected chi connectivity index (χ4v) is 5.51. The minimum absolute atomic E-state index is 0.0590. The molecule has 212 valence electrons. The molecule has 4 heterocycles. The largest absolute Gasteiger partial charge is 0.444 e. The van der Waals surface area contributed by atoms with Crippen molar-refractivity contribution in [2.45, 2.75) is 83.4 Å². The number of amides is 1. The highest BCUT2D eigenvalue weighted by Gasteiger charge is 2.29. The zero-order chi connectivity index (χ0) is 28.3. The number of carbonyl (C=O) groups is 1. The zero-order valence-electron chi connectivity index (χ0n) is 23.4. The number of nitriles is 1. The van der Waals surface area contributed by atoms with Crippen molar-refractivity contribution in [3.8, 4) is 17.5 Å². The maximum atomic E-state index is 16.1. The van der Waals surface area contributed by atoms with Gasteiger partial charge in [0.25, 0.3) is 0 Å². The van der Waals surface area contributed by atoms with E-state index in [0.29, 0.717) is 44.1 Å². The van der Waals surface area contributed by atoms with E-state index in [4.69, 9.17) is 15.0 Å². The number of anilines is 2. The average Bonchev–Trinajstić information content (AvgIpc) is 3.35. The molecule has 0 bridgehead atoms. The Bertz CT molecular complexity index is 1380. The molecule has 40 heavy (non-hydrogen) atoms. The Morgan fingerprint density at radius 1 is 1.12 bits per heavy atom. The van der Waals surface area contributed by atoms with Gasteiger partial charge in [-0.15, -0.1) is 0 Å². The van der Waals surface area contributed by atoms with Gasteiger partial charge in [0.15, 0.2) is 17.5 Å². The van der Waals surface area contributed by atoms with Crippen LogP contribution < -0.4 is 15.5 Å². The molecule has 0 aromatic carbocycles. The van der Waals surface area contributed by atoms with E-state index in [1.807, 2.05) is 50.1 Å². The summed E-state index contributed by atoms with van der Waals surface area (Å²) in [7, 11) is 0. The second-order valence-electron chi connectivity index (χ2n) is 11.8. The Morgan fingerprint density at radius 3 is 2.58 bits per heavy atom. The van der Waals surface area contributed by atoms with Crippen LogP contribution in [0.25, 0.3) is 16.9 Å². The van der Waals surface area contributed by atoms with E-state index in [-0.39, 0.29) is 23.7 Å². The van der Waals surface area contributed by atoms with Crippen molar-refractivity contribution in [3.05, 3.63) is 36.4 Å². The van der Waals surface area contributed by atoms with Crippen molar-refractivity contribution in [1.29, 1.82) is 5.26 Å². The number of carbonyl (C=O) groups excluding carboxylic acids is 1. The molecule has 1 aliphatic carbocycles. The molecule has 1 amide bonds. The maximum Gasteiger partial charge on any atom is 0.407 e. The van der Waals surface area contributed by atoms with E-state index >= 15 is 4.39 Å². The van der Waals surface area contributed by atoms with Gasteiger partial charge >= 0.3 is 6.09 Å². The fourth-order valence-electron chi connectivity index (χ4n) is 5.51. The average molecular weight is 549 g/mol. The Balaban J connectivity index is 1.38. The van der Waals surface area contributed by atoms with Gasteiger partial charge in [-0.3, -0.25) is 0 Å². The van der Waals surface area contributed by atoms with Gasteiger partial charge < -0.3 is 20.3 Å². The smallest absolute Gasteiger partial charge is 0.407 e. The lowest BCUT2D eigenvalue weighted by Crippen LogP contribution is -2.46. The van der Waals surface area contributed by atoms with Gasteiger partial charge in [0.1, 0.15) is 5.60 Å². The Morgan fingerprint density at radius 2 is 1.88 bits per heavy atom. The zero-order valence-corrected chi connectivity index (χ0v) is 23.4. The molecular weight excluding hydrogens is 511 g/mol. The van der Waals surface area contributed by atoms with E-state index in [2.05, 4.69) is 26.8 Å². The summed E-state index contributed by atoms with van der Waals surface area (Å²) in [6.45, 7) is 6.55. The van der Waals surface area contributed by atoms with Crippen LogP contribution in [0.1, 0.15) is 65.7 Å². The molecule has 0 unspecified atom stereocenters. The number of ether oxygens (including phenoxy) is 1. The van der Waals surface area contributed by atoms with E-state index in [1.165, 1.54) is 0 Å². The van der Waals surface area contributed by atoms with Gasteiger partial charge in [-0.25, -0.2) is 19.3 Å². The van der Waals surface area contributed by atoms with Gasteiger partial charge in [0.2, 0.25) is 5.82 Å². The van der Waals surface area contributed by atoms with E-state index in [1.54, 1.807) is 10.7 Å². The van der Waals surface area contributed by atoms with Crippen LogP contribution in [0, 0.1) is 23.1 Å². The Labute approximate surface area is 233 Å². The third kappa shape index (κ3) is 6.43. The number of hydrogen-bond donors (Lipinski definition) is 2. The number of pyridine rings is 1. The summed E-state index contributed by atoms with van der Waals surface area (Å²) in [5, 5.41) is 19.8. The molecule has 1 saturated heterocycles. The van der Waals surface area contributed by atoms with Crippen LogP contribution >= 0.6 is 0 Å². The van der Waals surface area contributed by atoms with Gasteiger partial charge in [-0.2, -0.15) is 14.8 Å². The molecule has 1 aliphatic heterocycles. The summed E-state index contributed by atoms with van der Waals surface area (Å²) in [5.74, 6) is 0.772. The van der Waals surface area contributed by atoms with Crippen molar-refractivity contribution in [3.63, 3.8) is 0 Å². The third-order valence-corrected chi connectivity index (χ3v) is 7.58. The van der Waals surface area contributed by atoms with Crippen molar-refractivity contribution < 1.29 is 13.9 Å². The summed E-state index contributed by atoms with van der Waals surface area (Å²) in [4.78, 5) is 23.5. The number of nitrogens with one attached hydrogen (secondary N) is 2. The number of nitrogens with zero attached hydrogens (tertiary/aromatic N) is 6. The van der Waals surface area contributed by atoms with Crippen LogP contribution in [-0.2, 0) is 4.74 Å². The lowest BCUT2D eigenvalue weighted by atomic mass is 9.84. The Hall–Kier alpha value is -3.94. The summed E-state index contributed by atoms with van der Waals surface area (Å²) in [6, 6.07) is 8.04. The first-order valence-corrected chi connectivity index (χ1v) is 14.1. The molecule has 0 spiro atoms. The molecule has 1 saturated carbocycles. The summed E-state index contributed by atoms with van der Waals surface area (Å²) in [5.41, 5.74) is 0.995. The molecule has 2 aliphatic rings. The number of aromatic nitrogens is 4. The molecule has 5 rings (SSSR count). The first-order chi connectivity index (χ1) is 19.2. The standard InChI is InChI=1S/C29H37FN8O2/c1-29(2,3)40-28(39)34-21-12-16-37(17-13-21)27-24(30)26(33-20-9-7-19(8-10-20)11-14-31)35-25(36-27)22-18-32-38-15-5-4-6-23(22)38/h4-6,15,18-21H,7-13,16-17H2,1-3H3,(H,34,39)(H,33,35,36)/t19-,20-. The number of piperidine rings is 1. The molecule has 2 fully saturated rings. The van der Waals surface area contributed by atoms with E-state index in [9.17, 15) is 4.79 Å². The second-order valence-corrected chi connectivity index (χ2v) is 11.8. The highest BCUT2D eigenvalue weighted by atomic mass is 19.1. The Kier molecular flexibility index (Phi) is 8.05. The molecule has 11 heteroatoms. The summed E-state index contributed by atoms with van der Waals surface area (Å²) >= 11 is 0. The fraction of sp³-hybridized carbons (Fsp3) is 0.552. The van der Waals surface area contributed by atoms with Crippen molar-refractivity contribution in [2.24, 2.45) is 5.92 Å². The van der Waals surface area contributed by atoms with Crippen LogP contribution in [0.4, 0.5) is 20.8 Å². The molecule has 0 atom stereocenters. The number of halogens is 1. The second kappa shape index (κ2) is 11.7. The van der Waals surface area contributed by atoms with Crippen LogP contribution in [0.15, 0.2) is 30.6 Å². The van der Waals surface area contributed by atoms with Gasteiger partial charge in [-0.05, 0) is 77.3 Å². The molecular formula is C29H37FN8O2. The van der Waals surface area contributed by atoms with E-state index in [0.717, 1.165) is 36.8 Å². The van der Waals surface area contributed by atoms with Crippen LogP contribution in [-0.4, -0.2) is 56.4 Å². The molecule has 10 nitrogen and oxygen atoms in total. The lowest BCUT2D eigenvalue weighted by Gasteiger charge is -2.34. The SMILES string of the molecule is CC(C)(C)OC(=O)NC1CCN(c2nc(-c3cnn4ccccc34)nc(N[C@H]3CC[C@H](CC#N)CC3)c2F)CC1. The quantitative estimate of drug-likeness (QED) is 0.425. The number of hydrogen-bond acceptors (Lipinski definition) is 8. The summed E-state index contributed by atoms with van der Waals surface area (Å²) in [6.07, 6.45) is 8.55. The minimum Gasteiger partial charge on any atom is -0.444 e. The predicted molar refractivity (Wildman–Crippen MR) is 150 cm³/mol. The number of rotatable bonds is 6. The molecule has 3 aromatic rings. The molecule has 2 N–H and O–H groups in total. The molecule has 0 radical (unpaired) electrons. The number of alkyl carbamates (subject to hydrolysis) is 1.